The fraction of sp³-hybridized carbons (Fsp3) is 0.304. The summed E-state index contributed by atoms with van der Waals surface area (Å²) in [5.41, 5.74) is 1.77. The Bertz CT molecular complexity index is 1020. The Labute approximate surface area is 181 Å². The molecule has 2 aliphatic heterocycles. The van der Waals surface area contributed by atoms with Gasteiger partial charge in [-0.05, 0) is 29.8 Å². The number of anilines is 1. The molecule has 0 saturated carbocycles. The lowest BCUT2D eigenvalue weighted by molar-refractivity contribution is -0.112. The molecular formula is C23H24N4O4. The third kappa shape index (κ3) is 4.90. The van der Waals surface area contributed by atoms with E-state index in [1.54, 1.807) is 24.4 Å². The fourth-order valence-electron chi connectivity index (χ4n) is 3.61. The number of hydrogen-bond donors (Lipinski definition) is 1. The van der Waals surface area contributed by atoms with Crippen LogP contribution in [0.2, 0.25) is 0 Å². The minimum Gasteiger partial charge on any atom is -0.495 e. The smallest absolute Gasteiger partial charge is 0.267 e. The molecule has 4 rings (SSSR count). The SMILES string of the molecule is COc1ccccc1NC(=O)/C(C#N)=C\N1CCN(Cc2ccc3c(c2)OCO3)CC1. The molecule has 2 aliphatic rings. The van der Waals surface area contributed by atoms with Crippen LogP contribution in [0.25, 0.3) is 0 Å². The van der Waals surface area contributed by atoms with Crippen LogP contribution in [-0.4, -0.2) is 55.8 Å². The minimum atomic E-state index is -0.449. The molecule has 0 aromatic heterocycles. The van der Waals surface area contributed by atoms with E-state index < -0.39 is 5.91 Å². The average Bonchev–Trinajstić information content (AvgIpc) is 3.27. The van der Waals surface area contributed by atoms with Crippen LogP contribution >= 0.6 is 0 Å². The van der Waals surface area contributed by atoms with E-state index in [-0.39, 0.29) is 12.4 Å². The van der Waals surface area contributed by atoms with Crippen LogP contribution in [0.4, 0.5) is 5.69 Å². The zero-order chi connectivity index (χ0) is 21.6. The highest BCUT2D eigenvalue weighted by atomic mass is 16.7. The second-order valence-electron chi connectivity index (χ2n) is 7.31. The van der Waals surface area contributed by atoms with E-state index in [4.69, 9.17) is 14.2 Å². The molecule has 31 heavy (non-hydrogen) atoms. The van der Waals surface area contributed by atoms with Gasteiger partial charge in [-0.25, -0.2) is 0 Å². The molecule has 2 aromatic rings. The number of benzene rings is 2. The summed E-state index contributed by atoms with van der Waals surface area (Å²) in [6.45, 7) is 4.22. The number of carbonyl (C=O) groups is 1. The van der Waals surface area contributed by atoms with Crippen LogP contribution in [0.5, 0.6) is 17.2 Å². The summed E-state index contributed by atoms with van der Waals surface area (Å²) >= 11 is 0. The Hall–Kier alpha value is -3.70. The highest BCUT2D eigenvalue weighted by Crippen LogP contribution is 2.32. The predicted molar refractivity (Wildman–Crippen MR) is 115 cm³/mol. The Morgan fingerprint density at radius 3 is 2.71 bits per heavy atom. The normalized spacial score (nSPS) is 16.0. The van der Waals surface area contributed by atoms with Gasteiger partial charge < -0.3 is 24.4 Å². The number of carbonyl (C=O) groups excluding carboxylic acids is 1. The molecule has 0 bridgehead atoms. The minimum absolute atomic E-state index is 0.0649. The second kappa shape index (κ2) is 9.41. The molecule has 8 nitrogen and oxygen atoms in total. The summed E-state index contributed by atoms with van der Waals surface area (Å²) in [5.74, 6) is 1.67. The first-order valence-corrected chi connectivity index (χ1v) is 10.1. The van der Waals surface area contributed by atoms with Crippen molar-refractivity contribution in [3.63, 3.8) is 0 Å². The monoisotopic (exact) mass is 420 g/mol. The van der Waals surface area contributed by atoms with E-state index in [2.05, 4.69) is 16.3 Å². The summed E-state index contributed by atoms with van der Waals surface area (Å²) in [6, 6.07) is 15.1. The van der Waals surface area contributed by atoms with Crippen LogP contribution in [0, 0.1) is 11.3 Å². The zero-order valence-electron chi connectivity index (χ0n) is 17.3. The highest BCUT2D eigenvalue weighted by molar-refractivity contribution is 6.07. The van der Waals surface area contributed by atoms with Crippen LogP contribution < -0.4 is 19.5 Å². The van der Waals surface area contributed by atoms with Gasteiger partial charge in [0.15, 0.2) is 11.5 Å². The summed E-state index contributed by atoms with van der Waals surface area (Å²) in [6.07, 6.45) is 1.64. The molecule has 2 heterocycles. The lowest BCUT2D eigenvalue weighted by atomic mass is 10.1. The van der Waals surface area contributed by atoms with Crippen molar-refractivity contribution in [3.05, 3.63) is 59.8 Å². The van der Waals surface area contributed by atoms with Gasteiger partial charge in [0.25, 0.3) is 5.91 Å². The number of nitrogens with one attached hydrogen (secondary N) is 1. The number of para-hydroxylation sites is 2. The maximum absolute atomic E-state index is 12.6. The summed E-state index contributed by atoms with van der Waals surface area (Å²) in [4.78, 5) is 16.9. The number of fused-ring (bicyclic) bond motifs is 1. The van der Waals surface area contributed by atoms with E-state index >= 15 is 0 Å². The van der Waals surface area contributed by atoms with Crippen LogP contribution in [0.15, 0.2) is 54.2 Å². The Balaban J connectivity index is 1.33. The predicted octanol–water partition coefficient (Wildman–Crippen LogP) is 2.59. The maximum Gasteiger partial charge on any atom is 0.267 e. The number of piperazine rings is 1. The van der Waals surface area contributed by atoms with Crippen molar-refractivity contribution in [2.75, 3.05) is 45.4 Å². The molecule has 160 valence electrons. The van der Waals surface area contributed by atoms with E-state index in [1.165, 1.54) is 12.7 Å². The average molecular weight is 420 g/mol. The molecule has 0 atom stereocenters. The molecule has 1 fully saturated rings. The molecule has 1 amide bonds. The van der Waals surface area contributed by atoms with Crippen molar-refractivity contribution in [2.24, 2.45) is 0 Å². The van der Waals surface area contributed by atoms with Crippen LogP contribution in [0.3, 0.4) is 0 Å². The highest BCUT2D eigenvalue weighted by Gasteiger charge is 2.19. The van der Waals surface area contributed by atoms with Crippen molar-refractivity contribution < 1.29 is 19.0 Å². The number of ether oxygens (including phenoxy) is 3. The van der Waals surface area contributed by atoms with Gasteiger partial charge in [0.2, 0.25) is 6.79 Å². The van der Waals surface area contributed by atoms with Gasteiger partial charge in [-0.1, -0.05) is 18.2 Å². The molecule has 1 saturated heterocycles. The molecule has 0 aliphatic carbocycles. The Kier molecular flexibility index (Phi) is 6.24. The number of rotatable bonds is 6. The second-order valence-corrected chi connectivity index (χ2v) is 7.31. The van der Waals surface area contributed by atoms with Gasteiger partial charge in [0, 0.05) is 38.9 Å². The number of amides is 1. The zero-order valence-corrected chi connectivity index (χ0v) is 17.3. The van der Waals surface area contributed by atoms with Gasteiger partial charge in [-0.3, -0.25) is 9.69 Å². The van der Waals surface area contributed by atoms with E-state index in [0.717, 1.165) is 44.2 Å². The lowest BCUT2D eigenvalue weighted by Crippen LogP contribution is -2.43. The Morgan fingerprint density at radius 1 is 1.16 bits per heavy atom. The van der Waals surface area contributed by atoms with Gasteiger partial charge in [0.05, 0.1) is 12.8 Å². The fourth-order valence-corrected chi connectivity index (χ4v) is 3.61. The first kappa shape index (κ1) is 20.6. The number of methoxy groups -OCH3 is 1. The molecule has 0 spiro atoms. The first-order chi connectivity index (χ1) is 15.2. The number of hydrogen-bond acceptors (Lipinski definition) is 7. The first-order valence-electron chi connectivity index (χ1n) is 10.1. The lowest BCUT2D eigenvalue weighted by Gasteiger charge is -2.34. The summed E-state index contributed by atoms with van der Waals surface area (Å²) in [5, 5.41) is 12.2. The van der Waals surface area contributed by atoms with Gasteiger partial charge in [0.1, 0.15) is 17.4 Å². The molecule has 1 N–H and O–H groups in total. The van der Waals surface area contributed by atoms with Crippen LogP contribution in [-0.2, 0) is 11.3 Å². The molecule has 0 radical (unpaired) electrons. The van der Waals surface area contributed by atoms with Gasteiger partial charge in [-0.15, -0.1) is 0 Å². The van der Waals surface area contributed by atoms with Crippen molar-refractivity contribution in [1.82, 2.24) is 9.80 Å². The van der Waals surface area contributed by atoms with E-state index in [9.17, 15) is 10.1 Å². The van der Waals surface area contributed by atoms with Crippen molar-refractivity contribution in [3.8, 4) is 23.3 Å². The molecule has 0 unspecified atom stereocenters. The molecule has 2 aromatic carbocycles. The Morgan fingerprint density at radius 2 is 1.94 bits per heavy atom. The van der Waals surface area contributed by atoms with E-state index in [0.29, 0.717) is 11.4 Å². The van der Waals surface area contributed by atoms with Gasteiger partial charge in [-0.2, -0.15) is 5.26 Å². The number of nitriles is 1. The van der Waals surface area contributed by atoms with Gasteiger partial charge >= 0.3 is 0 Å². The standard InChI is InChI=1S/C23H24N4O4/c1-29-20-5-3-2-4-19(20)25-23(28)18(13-24)15-27-10-8-26(9-11-27)14-17-6-7-21-22(12-17)31-16-30-21/h2-7,12,15H,8-11,14,16H2,1H3,(H,25,28)/b18-15-. The maximum atomic E-state index is 12.6. The van der Waals surface area contributed by atoms with Crippen molar-refractivity contribution >= 4 is 11.6 Å². The molecular weight excluding hydrogens is 396 g/mol. The van der Waals surface area contributed by atoms with Crippen molar-refractivity contribution in [2.45, 2.75) is 6.54 Å². The number of nitrogens with zero attached hydrogens (tertiary/aromatic N) is 3. The van der Waals surface area contributed by atoms with Crippen molar-refractivity contribution in [1.29, 1.82) is 5.26 Å². The van der Waals surface area contributed by atoms with E-state index in [1.807, 2.05) is 29.2 Å². The third-order valence-electron chi connectivity index (χ3n) is 5.28. The quantitative estimate of drug-likeness (QED) is 0.568. The topological polar surface area (TPSA) is 87.1 Å². The third-order valence-corrected chi connectivity index (χ3v) is 5.28. The largest absolute Gasteiger partial charge is 0.495 e. The van der Waals surface area contributed by atoms with Crippen LogP contribution in [0.1, 0.15) is 5.56 Å². The molecule has 8 heteroatoms. The summed E-state index contributed by atoms with van der Waals surface area (Å²) in [7, 11) is 1.54. The summed E-state index contributed by atoms with van der Waals surface area (Å²) < 4.78 is 16.1.